The summed E-state index contributed by atoms with van der Waals surface area (Å²) in [5.74, 6) is -0.379. The maximum Gasteiger partial charge on any atom is 0.269 e. The highest BCUT2D eigenvalue weighted by Crippen LogP contribution is 2.17. The number of nitrogens with zero attached hydrogens (tertiary/aromatic N) is 2. The first kappa shape index (κ1) is 20.1. The van der Waals surface area contributed by atoms with Gasteiger partial charge in [-0.3, -0.25) is 25.2 Å². The van der Waals surface area contributed by atoms with Crippen LogP contribution in [0.3, 0.4) is 0 Å². The number of hydrazine groups is 1. The molecule has 8 nitrogen and oxygen atoms in total. The lowest BCUT2D eigenvalue weighted by Crippen LogP contribution is -2.46. The van der Waals surface area contributed by atoms with Gasteiger partial charge in [-0.25, -0.2) is 4.98 Å². The number of hydrogen-bond acceptors (Lipinski definition) is 4. The summed E-state index contributed by atoms with van der Waals surface area (Å²) in [6.45, 7) is 4.50. The van der Waals surface area contributed by atoms with Crippen molar-refractivity contribution >= 4 is 28.8 Å². The average Bonchev–Trinajstić information content (AvgIpc) is 3.05. The lowest BCUT2D eigenvalue weighted by molar-refractivity contribution is -0.126. The first-order valence-electron chi connectivity index (χ1n) is 9.34. The highest BCUT2D eigenvalue weighted by Gasteiger charge is 2.12. The topological polar surface area (TPSA) is 105 Å². The van der Waals surface area contributed by atoms with Gasteiger partial charge < -0.3 is 9.88 Å². The van der Waals surface area contributed by atoms with Crippen molar-refractivity contribution in [3.05, 3.63) is 65.5 Å². The van der Waals surface area contributed by atoms with Crippen LogP contribution in [0.25, 0.3) is 11.0 Å². The monoisotopic (exact) mass is 393 g/mol. The number of carbonyl (C=O) groups excluding carboxylic acids is 3. The Morgan fingerprint density at radius 1 is 1.00 bits per heavy atom. The smallest absolute Gasteiger partial charge is 0.269 e. The van der Waals surface area contributed by atoms with E-state index in [1.807, 2.05) is 50.2 Å². The Morgan fingerprint density at radius 2 is 1.76 bits per heavy atom. The molecule has 0 bridgehead atoms. The van der Waals surface area contributed by atoms with Crippen LogP contribution in [-0.2, 0) is 22.6 Å². The molecule has 0 unspecified atom stereocenters. The predicted octanol–water partition coefficient (Wildman–Crippen LogP) is 1.48. The molecule has 1 aromatic heterocycles. The fourth-order valence-corrected chi connectivity index (χ4v) is 3.06. The number of fused-ring (bicyclic) bond motifs is 1. The van der Waals surface area contributed by atoms with E-state index in [0.29, 0.717) is 5.56 Å². The molecule has 0 saturated carbocycles. The second-order valence-corrected chi connectivity index (χ2v) is 6.55. The highest BCUT2D eigenvalue weighted by molar-refractivity contribution is 5.98. The summed E-state index contributed by atoms with van der Waals surface area (Å²) in [7, 11) is 0. The maximum atomic E-state index is 12.3. The van der Waals surface area contributed by atoms with E-state index in [-0.39, 0.29) is 18.9 Å². The van der Waals surface area contributed by atoms with Crippen LogP contribution in [0.15, 0.2) is 48.5 Å². The summed E-state index contributed by atoms with van der Waals surface area (Å²) >= 11 is 0. The van der Waals surface area contributed by atoms with Crippen LogP contribution in [0.5, 0.6) is 0 Å². The molecule has 0 saturated heterocycles. The van der Waals surface area contributed by atoms with Crippen LogP contribution in [-0.4, -0.2) is 33.8 Å². The van der Waals surface area contributed by atoms with Crippen molar-refractivity contribution in [2.75, 3.05) is 6.54 Å². The van der Waals surface area contributed by atoms with E-state index < -0.39 is 11.8 Å². The number of nitrogens with one attached hydrogen (secondary N) is 3. The van der Waals surface area contributed by atoms with Gasteiger partial charge in [0, 0.05) is 12.1 Å². The summed E-state index contributed by atoms with van der Waals surface area (Å²) in [6, 6.07) is 14.4. The van der Waals surface area contributed by atoms with Crippen molar-refractivity contribution in [3.63, 3.8) is 0 Å². The molecule has 150 valence electrons. The number of rotatable bonds is 6. The van der Waals surface area contributed by atoms with Crippen LogP contribution >= 0.6 is 0 Å². The molecule has 0 radical (unpaired) electrons. The molecule has 3 N–H and O–H groups in total. The quantitative estimate of drug-likeness (QED) is 0.552. The minimum Gasteiger partial charge on any atom is -0.347 e. The van der Waals surface area contributed by atoms with Gasteiger partial charge >= 0.3 is 0 Å². The Balaban J connectivity index is 1.49. The number of carbonyl (C=O) groups is 3. The van der Waals surface area contributed by atoms with Gasteiger partial charge in [-0.15, -0.1) is 0 Å². The lowest BCUT2D eigenvalue weighted by Gasteiger charge is -2.09. The molecular weight excluding hydrogens is 370 g/mol. The van der Waals surface area contributed by atoms with Crippen LogP contribution < -0.4 is 16.2 Å². The van der Waals surface area contributed by atoms with E-state index >= 15 is 0 Å². The number of amides is 3. The molecule has 3 rings (SSSR count). The first-order chi connectivity index (χ1) is 14.0. The Kier molecular flexibility index (Phi) is 6.23. The van der Waals surface area contributed by atoms with Gasteiger partial charge in [0.05, 0.1) is 24.0 Å². The van der Waals surface area contributed by atoms with Crippen LogP contribution in [0.2, 0.25) is 0 Å². The summed E-state index contributed by atoms with van der Waals surface area (Å²) in [5.41, 5.74) is 7.55. The zero-order valence-corrected chi connectivity index (χ0v) is 16.4. The number of benzene rings is 2. The third-order valence-corrected chi connectivity index (χ3v) is 4.49. The SMILES string of the molecule is CCn1c(C)nc2cc(C(=O)NNC(=O)CNC(=O)Cc3ccccc3)ccc21. The van der Waals surface area contributed by atoms with Crippen LogP contribution in [0.1, 0.15) is 28.7 Å². The summed E-state index contributed by atoms with van der Waals surface area (Å²) in [6.07, 6.45) is 0.185. The van der Waals surface area contributed by atoms with Gasteiger partial charge in [-0.2, -0.15) is 0 Å². The fourth-order valence-electron chi connectivity index (χ4n) is 3.06. The summed E-state index contributed by atoms with van der Waals surface area (Å²) < 4.78 is 2.05. The summed E-state index contributed by atoms with van der Waals surface area (Å²) in [5, 5.41) is 2.52. The molecule has 3 aromatic rings. The van der Waals surface area contributed by atoms with Crippen molar-refractivity contribution in [3.8, 4) is 0 Å². The molecule has 0 aliphatic heterocycles. The second kappa shape index (κ2) is 9.01. The molecule has 0 atom stereocenters. The molecule has 1 heterocycles. The van der Waals surface area contributed by atoms with E-state index in [4.69, 9.17) is 0 Å². The minimum atomic E-state index is -0.521. The van der Waals surface area contributed by atoms with E-state index in [1.165, 1.54) is 0 Å². The van der Waals surface area contributed by atoms with Crippen molar-refractivity contribution in [1.82, 2.24) is 25.7 Å². The molecule has 29 heavy (non-hydrogen) atoms. The molecule has 8 heteroatoms. The number of imidazole rings is 1. The van der Waals surface area contributed by atoms with Gasteiger partial charge in [0.2, 0.25) is 5.91 Å². The standard InChI is InChI=1S/C21H23N5O3/c1-3-26-14(2)23-17-12-16(9-10-18(17)26)21(29)25-24-20(28)13-22-19(27)11-15-7-5-4-6-8-15/h4-10,12H,3,11,13H2,1-2H3,(H,22,27)(H,24,28)(H,25,29). The van der Waals surface area contributed by atoms with Crippen LogP contribution in [0.4, 0.5) is 0 Å². The fraction of sp³-hybridized carbons (Fsp3) is 0.238. The van der Waals surface area contributed by atoms with Crippen molar-refractivity contribution in [2.45, 2.75) is 26.8 Å². The minimum absolute atomic E-state index is 0.185. The molecule has 2 aromatic carbocycles. The van der Waals surface area contributed by atoms with Gasteiger partial charge in [0.25, 0.3) is 11.8 Å². The number of aromatic nitrogens is 2. The van der Waals surface area contributed by atoms with Gasteiger partial charge in [0.1, 0.15) is 5.82 Å². The second-order valence-electron chi connectivity index (χ2n) is 6.55. The largest absolute Gasteiger partial charge is 0.347 e. The number of hydrogen-bond donors (Lipinski definition) is 3. The van der Waals surface area contributed by atoms with E-state index in [2.05, 4.69) is 25.7 Å². The Morgan fingerprint density at radius 3 is 2.48 bits per heavy atom. The zero-order valence-electron chi connectivity index (χ0n) is 16.4. The van der Waals surface area contributed by atoms with Gasteiger partial charge in [-0.05, 0) is 37.6 Å². The molecule has 0 fully saturated rings. The predicted molar refractivity (Wildman–Crippen MR) is 109 cm³/mol. The Hall–Kier alpha value is -3.68. The van der Waals surface area contributed by atoms with E-state index in [1.54, 1.807) is 12.1 Å². The third-order valence-electron chi connectivity index (χ3n) is 4.49. The van der Waals surface area contributed by atoms with Gasteiger partial charge in [0.15, 0.2) is 0 Å². The molecule has 3 amide bonds. The lowest BCUT2D eigenvalue weighted by atomic mass is 10.1. The summed E-state index contributed by atoms with van der Waals surface area (Å²) in [4.78, 5) is 40.5. The van der Waals surface area contributed by atoms with Crippen molar-refractivity contribution < 1.29 is 14.4 Å². The first-order valence-corrected chi connectivity index (χ1v) is 9.34. The van der Waals surface area contributed by atoms with Crippen molar-refractivity contribution in [1.29, 1.82) is 0 Å². The molecular formula is C21H23N5O3. The average molecular weight is 393 g/mol. The Bertz CT molecular complexity index is 1040. The van der Waals surface area contributed by atoms with Crippen molar-refractivity contribution in [2.24, 2.45) is 0 Å². The molecule has 0 aliphatic rings. The Labute approximate surface area is 168 Å². The third kappa shape index (κ3) is 4.98. The highest BCUT2D eigenvalue weighted by atomic mass is 16.2. The molecule has 0 aliphatic carbocycles. The number of aryl methyl sites for hydroxylation is 2. The van der Waals surface area contributed by atoms with E-state index in [9.17, 15) is 14.4 Å². The molecule has 0 spiro atoms. The zero-order chi connectivity index (χ0) is 20.8. The normalized spacial score (nSPS) is 10.6. The van der Waals surface area contributed by atoms with E-state index in [0.717, 1.165) is 29.0 Å². The van der Waals surface area contributed by atoms with Gasteiger partial charge in [-0.1, -0.05) is 30.3 Å². The van der Waals surface area contributed by atoms with Crippen LogP contribution in [0, 0.1) is 6.92 Å². The maximum absolute atomic E-state index is 12.3.